The fourth-order valence-corrected chi connectivity index (χ4v) is 4.00. The zero-order valence-electron chi connectivity index (χ0n) is 18.6. The molecule has 3 aromatic carbocycles. The summed E-state index contributed by atoms with van der Waals surface area (Å²) in [5.74, 6) is 1.17. The summed E-state index contributed by atoms with van der Waals surface area (Å²) in [5.41, 5.74) is 6.69. The number of rotatable bonds is 8. The first-order valence-electron chi connectivity index (χ1n) is 10.7. The lowest BCUT2D eigenvalue weighted by Crippen LogP contribution is -2.20. The number of hydrogen-bond donors (Lipinski definition) is 1. The van der Waals surface area contributed by atoms with E-state index in [4.69, 9.17) is 0 Å². The van der Waals surface area contributed by atoms with Crippen LogP contribution < -0.4 is 5.43 Å². The third-order valence-corrected chi connectivity index (χ3v) is 5.95. The van der Waals surface area contributed by atoms with Gasteiger partial charge in [-0.15, -0.1) is 10.2 Å². The van der Waals surface area contributed by atoms with E-state index in [9.17, 15) is 4.79 Å². The number of thioether (sulfide) groups is 1. The van der Waals surface area contributed by atoms with Gasteiger partial charge in [0.2, 0.25) is 0 Å². The Kier molecular flexibility index (Phi) is 7.32. The lowest BCUT2D eigenvalue weighted by Gasteiger charge is -2.10. The van der Waals surface area contributed by atoms with Crippen molar-refractivity contribution >= 4 is 23.9 Å². The average molecular weight is 456 g/mol. The van der Waals surface area contributed by atoms with Gasteiger partial charge in [-0.1, -0.05) is 98.4 Å². The van der Waals surface area contributed by atoms with Crippen LogP contribution in [0.2, 0.25) is 0 Å². The highest BCUT2D eigenvalue weighted by Gasteiger charge is 2.17. The number of aromatic nitrogens is 3. The summed E-state index contributed by atoms with van der Waals surface area (Å²) < 4.78 is 1.97. The second kappa shape index (κ2) is 10.7. The van der Waals surface area contributed by atoms with Crippen molar-refractivity contribution in [3.63, 3.8) is 0 Å². The molecule has 0 fully saturated rings. The third-order valence-electron chi connectivity index (χ3n) is 5.02. The Balaban J connectivity index is 1.44. The number of benzene rings is 3. The van der Waals surface area contributed by atoms with Crippen molar-refractivity contribution in [2.45, 2.75) is 24.9 Å². The first kappa shape index (κ1) is 22.5. The Morgan fingerprint density at radius 3 is 2.30 bits per heavy atom. The quantitative estimate of drug-likeness (QED) is 0.222. The fourth-order valence-electron chi connectivity index (χ4n) is 3.26. The zero-order chi connectivity index (χ0) is 23.0. The average Bonchev–Trinajstić information content (AvgIpc) is 3.28. The van der Waals surface area contributed by atoms with Crippen molar-refractivity contribution in [1.29, 1.82) is 0 Å². The van der Waals surface area contributed by atoms with Crippen molar-refractivity contribution in [3.05, 3.63) is 96.1 Å². The molecule has 0 saturated carbocycles. The molecular formula is C26H25N5OS. The topological polar surface area (TPSA) is 72.2 Å². The van der Waals surface area contributed by atoms with Gasteiger partial charge >= 0.3 is 0 Å². The number of nitrogens with one attached hydrogen (secondary N) is 1. The van der Waals surface area contributed by atoms with Crippen LogP contribution in [0.1, 0.15) is 30.9 Å². The summed E-state index contributed by atoms with van der Waals surface area (Å²) >= 11 is 1.32. The molecule has 1 N–H and O–H groups in total. The van der Waals surface area contributed by atoms with Gasteiger partial charge in [0.1, 0.15) is 0 Å². The number of carbonyl (C=O) groups is 1. The molecule has 6 nitrogen and oxygen atoms in total. The van der Waals surface area contributed by atoms with E-state index >= 15 is 0 Å². The molecule has 0 aliphatic rings. The fraction of sp³-hybridized carbons (Fsp3) is 0.154. The molecule has 7 heteroatoms. The van der Waals surface area contributed by atoms with E-state index in [0.717, 1.165) is 22.6 Å². The Hall–Kier alpha value is -3.71. The minimum Gasteiger partial charge on any atom is -0.272 e. The molecule has 4 rings (SSSR count). The molecule has 33 heavy (non-hydrogen) atoms. The number of para-hydroxylation sites is 1. The zero-order valence-corrected chi connectivity index (χ0v) is 19.4. The molecule has 0 saturated heterocycles. The van der Waals surface area contributed by atoms with Crippen molar-refractivity contribution in [1.82, 2.24) is 20.2 Å². The Morgan fingerprint density at radius 1 is 0.970 bits per heavy atom. The van der Waals surface area contributed by atoms with Crippen LogP contribution in [-0.4, -0.2) is 32.6 Å². The molecule has 0 bridgehead atoms. The van der Waals surface area contributed by atoms with Crippen LogP contribution >= 0.6 is 11.8 Å². The highest BCUT2D eigenvalue weighted by atomic mass is 32.2. The number of carbonyl (C=O) groups excluding carboxylic acids is 1. The molecule has 0 aliphatic carbocycles. The van der Waals surface area contributed by atoms with Gasteiger partial charge in [-0.3, -0.25) is 9.36 Å². The summed E-state index contributed by atoms with van der Waals surface area (Å²) in [6.07, 6.45) is 1.65. The number of nitrogens with zero attached hydrogens (tertiary/aromatic N) is 4. The van der Waals surface area contributed by atoms with Crippen LogP contribution in [0.15, 0.2) is 95.2 Å². The lowest BCUT2D eigenvalue weighted by molar-refractivity contribution is -0.118. The predicted molar refractivity (Wildman–Crippen MR) is 134 cm³/mol. The van der Waals surface area contributed by atoms with Gasteiger partial charge in [-0.25, -0.2) is 5.43 Å². The van der Waals surface area contributed by atoms with Gasteiger partial charge in [0.15, 0.2) is 11.0 Å². The Morgan fingerprint density at radius 2 is 1.64 bits per heavy atom. The Bertz CT molecular complexity index is 1220. The third kappa shape index (κ3) is 5.75. The maximum atomic E-state index is 12.4. The van der Waals surface area contributed by atoms with E-state index in [2.05, 4.69) is 46.7 Å². The van der Waals surface area contributed by atoms with E-state index in [1.807, 2.05) is 77.4 Å². The summed E-state index contributed by atoms with van der Waals surface area (Å²) in [6, 6.07) is 27.9. The largest absolute Gasteiger partial charge is 0.272 e. The van der Waals surface area contributed by atoms with Crippen LogP contribution in [-0.2, 0) is 4.79 Å². The maximum absolute atomic E-state index is 12.4. The second-order valence-electron chi connectivity index (χ2n) is 7.75. The SMILES string of the molecule is CC(C)c1ccc(/C=N\NC(=O)CSc2nnc(-c3ccccc3)n2-c2ccccc2)cc1. The first-order chi connectivity index (χ1) is 16.1. The van der Waals surface area contributed by atoms with Gasteiger partial charge in [0.05, 0.1) is 12.0 Å². The van der Waals surface area contributed by atoms with Crippen LogP contribution in [0.3, 0.4) is 0 Å². The summed E-state index contributed by atoms with van der Waals surface area (Å²) in [6.45, 7) is 4.31. The second-order valence-corrected chi connectivity index (χ2v) is 8.69. The van der Waals surface area contributed by atoms with Gasteiger partial charge in [-0.05, 0) is 29.2 Å². The van der Waals surface area contributed by atoms with Gasteiger partial charge < -0.3 is 0 Å². The molecule has 4 aromatic rings. The normalized spacial score (nSPS) is 11.2. The summed E-state index contributed by atoms with van der Waals surface area (Å²) in [7, 11) is 0. The first-order valence-corrected chi connectivity index (χ1v) is 11.7. The van der Waals surface area contributed by atoms with Crippen molar-refractivity contribution < 1.29 is 4.79 Å². The molecule has 1 amide bonds. The van der Waals surface area contributed by atoms with E-state index in [1.165, 1.54) is 17.3 Å². The van der Waals surface area contributed by atoms with Crippen LogP contribution in [0.5, 0.6) is 0 Å². The van der Waals surface area contributed by atoms with Crippen LogP contribution in [0, 0.1) is 0 Å². The van der Waals surface area contributed by atoms with E-state index in [0.29, 0.717) is 11.1 Å². The van der Waals surface area contributed by atoms with E-state index in [1.54, 1.807) is 6.21 Å². The number of amides is 1. The molecule has 0 unspecified atom stereocenters. The number of hydrazone groups is 1. The van der Waals surface area contributed by atoms with Gasteiger partial charge in [0.25, 0.3) is 5.91 Å². The highest BCUT2D eigenvalue weighted by Crippen LogP contribution is 2.27. The van der Waals surface area contributed by atoms with Crippen LogP contribution in [0.25, 0.3) is 17.1 Å². The molecule has 0 radical (unpaired) electrons. The summed E-state index contributed by atoms with van der Waals surface area (Å²) in [5, 5.41) is 13.5. The molecule has 0 spiro atoms. The van der Waals surface area contributed by atoms with Crippen molar-refractivity contribution in [2.24, 2.45) is 5.10 Å². The Labute approximate surface area is 197 Å². The lowest BCUT2D eigenvalue weighted by atomic mass is 10.0. The van der Waals surface area contributed by atoms with Crippen molar-refractivity contribution in [3.8, 4) is 17.1 Å². The van der Waals surface area contributed by atoms with Gasteiger partial charge in [-0.2, -0.15) is 5.10 Å². The molecule has 1 aromatic heterocycles. The van der Waals surface area contributed by atoms with E-state index < -0.39 is 0 Å². The van der Waals surface area contributed by atoms with Gasteiger partial charge in [0, 0.05) is 11.3 Å². The molecule has 1 heterocycles. The standard InChI is InChI=1S/C26H25N5OS/c1-19(2)21-15-13-20(14-16-21)17-27-28-24(32)18-33-26-30-29-25(22-9-5-3-6-10-22)31(26)23-11-7-4-8-12-23/h3-17,19H,18H2,1-2H3,(H,28,32)/b27-17-. The number of hydrogen-bond acceptors (Lipinski definition) is 5. The summed E-state index contributed by atoms with van der Waals surface area (Å²) in [4.78, 5) is 12.4. The minimum absolute atomic E-state index is 0.170. The molecule has 0 atom stereocenters. The monoisotopic (exact) mass is 455 g/mol. The molecular weight excluding hydrogens is 430 g/mol. The molecule has 0 aliphatic heterocycles. The minimum atomic E-state index is -0.209. The van der Waals surface area contributed by atoms with E-state index in [-0.39, 0.29) is 11.7 Å². The van der Waals surface area contributed by atoms with Crippen LogP contribution in [0.4, 0.5) is 0 Å². The highest BCUT2D eigenvalue weighted by molar-refractivity contribution is 7.99. The smallest absolute Gasteiger partial charge is 0.250 e. The maximum Gasteiger partial charge on any atom is 0.250 e. The molecule has 166 valence electrons. The van der Waals surface area contributed by atoms with Crippen molar-refractivity contribution in [2.75, 3.05) is 5.75 Å². The predicted octanol–water partition coefficient (Wildman–Crippen LogP) is 5.30.